The number of rotatable bonds is 6. The van der Waals surface area contributed by atoms with Gasteiger partial charge in [-0.1, -0.05) is 18.2 Å². The second-order valence-corrected chi connectivity index (χ2v) is 6.03. The number of hydrogen-bond acceptors (Lipinski definition) is 3. The van der Waals surface area contributed by atoms with Crippen molar-refractivity contribution in [2.24, 2.45) is 0 Å². The number of nitrogens with one attached hydrogen (secondary N) is 1. The molecule has 2 N–H and O–H groups in total. The molecular weight excluding hydrogens is 301 g/mol. The lowest BCUT2D eigenvalue weighted by atomic mass is 10.0. The molecule has 0 radical (unpaired) electrons. The van der Waals surface area contributed by atoms with Crippen molar-refractivity contribution in [2.75, 3.05) is 6.54 Å². The van der Waals surface area contributed by atoms with E-state index >= 15 is 0 Å². The third-order valence-corrected chi connectivity index (χ3v) is 2.73. The number of aliphatic carboxylic acids is 1. The fourth-order valence-electron chi connectivity index (χ4n) is 1.83. The van der Waals surface area contributed by atoms with Crippen LogP contribution in [0.1, 0.15) is 38.3 Å². The molecule has 0 aromatic heterocycles. The third-order valence-electron chi connectivity index (χ3n) is 2.73. The van der Waals surface area contributed by atoms with Crippen molar-refractivity contribution in [1.82, 2.24) is 5.32 Å². The van der Waals surface area contributed by atoms with Gasteiger partial charge in [0.2, 0.25) is 0 Å². The first-order chi connectivity index (χ1) is 10.7. The summed E-state index contributed by atoms with van der Waals surface area (Å²) in [6, 6.07) is 3.98. The number of hydrogen-bond donors (Lipinski definition) is 2. The van der Waals surface area contributed by atoms with Crippen molar-refractivity contribution in [2.45, 2.75) is 39.2 Å². The van der Waals surface area contributed by atoms with E-state index in [4.69, 9.17) is 9.84 Å². The summed E-state index contributed by atoms with van der Waals surface area (Å²) in [7, 11) is 0. The summed E-state index contributed by atoms with van der Waals surface area (Å²) in [6.07, 6.45) is 3.25. The number of carbonyl (C=O) groups is 2. The van der Waals surface area contributed by atoms with Gasteiger partial charge in [-0.2, -0.15) is 0 Å². The lowest BCUT2D eigenvalue weighted by Crippen LogP contribution is -2.32. The molecule has 0 atom stereocenters. The van der Waals surface area contributed by atoms with Crippen LogP contribution in [0.3, 0.4) is 0 Å². The third kappa shape index (κ3) is 7.99. The fourth-order valence-corrected chi connectivity index (χ4v) is 1.83. The van der Waals surface area contributed by atoms with E-state index in [9.17, 15) is 14.0 Å². The van der Waals surface area contributed by atoms with Crippen LogP contribution in [0.5, 0.6) is 0 Å². The van der Waals surface area contributed by atoms with Crippen LogP contribution >= 0.6 is 0 Å². The number of benzene rings is 1. The predicted octanol–water partition coefficient (Wildman–Crippen LogP) is 3.38. The average Bonchev–Trinajstić information content (AvgIpc) is 2.38. The van der Waals surface area contributed by atoms with Gasteiger partial charge in [-0.3, -0.25) is 4.79 Å². The number of amides is 1. The van der Waals surface area contributed by atoms with Crippen LogP contribution in [0.15, 0.2) is 24.3 Å². The van der Waals surface area contributed by atoms with Gasteiger partial charge in [-0.05, 0) is 50.5 Å². The number of alkyl carbamates (subject to hydrolysis) is 1. The van der Waals surface area contributed by atoms with E-state index in [0.717, 1.165) is 0 Å². The van der Waals surface area contributed by atoms with Gasteiger partial charge in [-0.25, -0.2) is 9.18 Å². The molecule has 0 aliphatic rings. The Labute approximate surface area is 135 Å². The molecule has 0 fully saturated rings. The van der Waals surface area contributed by atoms with Crippen LogP contribution < -0.4 is 5.32 Å². The van der Waals surface area contributed by atoms with E-state index in [2.05, 4.69) is 5.32 Å². The van der Waals surface area contributed by atoms with Gasteiger partial charge in [0, 0.05) is 6.54 Å². The highest BCUT2D eigenvalue weighted by Crippen LogP contribution is 2.14. The maximum Gasteiger partial charge on any atom is 0.407 e. The maximum absolute atomic E-state index is 13.3. The van der Waals surface area contributed by atoms with Crippen LogP contribution in [0.2, 0.25) is 0 Å². The summed E-state index contributed by atoms with van der Waals surface area (Å²) in [5, 5.41) is 11.4. The van der Waals surface area contributed by atoms with Gasteiger partial charge in [0.05, 0.1) is 6.42 Å². The van der Waals surface area contributed by atoms with Crippen molar-refractivity contribution in [3.05, 3.63) is 41.2 Å². The van der Waals surface area contributed by atoms with Crippen molar-refractivity contribution >= 4 is 18.1 Å². The Morgan fingerprint density at radius 2 is 2.04 bits per heavy atom. The van der Waals surface area contributed by atoms with E-state index in [0.29, 0.717) is 24.1 Å². The molecule has 0 saturated carbocycles. The number of carboxylic acid groups (broad SMARTS) is 1. The molecule has 0 unspecified atom stereocenters. The van der Waals surface area contributed by atoms with Crippen molar-refractivity contribution in [3.8, 4) is 0 Å². The van der Waals surface area contributed by atoms with E-state index in [-0.39, 0.29) is 6.42 Å². The highest BCUT2D eigenvalue weighted by atomic mass is 19.1. The Balaban J connectivity index is 2.53. The summed E-state index contributed by atoms with van der Waals surface area (Å²) in [5.41, 5.74) is 0.507. The van der Waals surface area contributed by atoms with Gasteiger partial charge in [0.1, 0.15) is 11.4 Å². The molecule has 0 aliphatic heterocycles. The van der Waals surface area contributed by atoms with Crippen LogP contribution in [-0.4, -0.2) is 29.3 Å². The van der Waals surface area contributed by atoms with E-state index < -0.39 is 23.5 Å². The number of halogens is 1. The summed E-state index contributed by atoms with van der Waals surface area (Å²) >= 11 is 0. The normalized spacial score (nSPS) is 11.5. The first kappa shape index (κ1) is 18.7. The molecule has 0 heterocycles. The van der Waals surface area contributed by atoms with Crippen molar-refractivity contribution < 1.29 is 23.8 Å². The first-order valence-corrected chi connectivity index (χ1v) is 7.31. The van der Waals surface area contributed by atoms with Gasteiger partial charge in [0.15, 0.2) is 0 Å². The number of carboxylic acids is 1. The lowest BCUT2D eigenvalue weighted by Gasteiger charge is -2.19. The smallest absolute Gasteiger partial charge is 0.407 e. The second-order valence-electron chi connectivity index (χ2n) is 6.03. The Morgan fingerprint density at radius 3 is 2.65 bits per heavy atom. The predicted molar refractivity (Wildman–Crippen MR) is 85.6 cm³/mol. The van der Waals surface area contributed by atoms with Crippen LogP contribution in [0.4, 0.5) is 9.18 Å². The van der Waals surface area contributed by atoms with Crippen LogP contribution in [0.25, 0.3) is 6.08 Å². The number of carbonyl (C=O) groups excluding carboxylic acids is 1. The summed E-state index contributed by atoms with van der Waals surface area (Å²) in [5.74, 6) is -1.40. The average molecular weight is 323 g/mol. The minimum absolute atomic E-state index is 0.171. The fraction of sp³-hybridized carbons (Fsp3) is 0.412. The van der Waals surface area contributed by atoms with Crippen molar-refractivity contribution in [3.63, 3.8) is 0 Å². The van der Waals surface area contributed by atoms with Gasteiger partial charge in [0.25, 0.3) is 0 Å². The largest absolute Gasteiger partial charge is 0.481 e. The van der Waals surface area contributed by atoms with Gasteiger partial charge >= 0.3 is 12.1 Å². The molecule has 23 heavy (non-hydrogen) atoms. The Hall–Kier alpha value is -2.37. The molecule has 126 valence electrons. The maximum atomic E-state index is 13.3. The highest BCUT2D eigenvalue weighted by Gasteiger charge is 2.15. The molecule has 6 heteroatoms. The molecule has 1 rings (SSSR count). The topological polar surface area (TPSA) is 75.6 Å². The van der Waals surface area contributed by atoms with Crippen LogP contribution in [-0.2, 0) is 16.0 Å². The Morgan fingerprint density at radius 1 is 1.35 bits per heavy atom. The van der Waals surface area contributed by atoms with Crippen LogP contribution in [0, 0.1) is 5.82 Å². The molecule has 1 aromatic carbocycles. The monoisotopic (exact) mass is 323 g/mol. The highest BCUT2D eigenvalue weighted by molar-refractivity contribution is 5.72. The minimum atomic E-state index is -0.974. The van der Waals surface area contributed by atoms with Crippen molar-refractivity contribution in [1.29, 1.82) is 0 Å². The SMILES string of the molecule is CC(C)(C)OC(=O)NCCC=Cc1cc(F)ccc1CC(=O)O. The molecule has 0 bridgehead atoms. The van der Waals surface area contributed by atoms with E-state index in [1.54, 1.807) is 32.9 Å². The summed E-state index contributed by atoms with van der Waals surface area (Å²) in [6.45, 7) is 5.70. The zero-order chi connectivity index (χ0) is 17.5. The standard InChI is InChI=1S/C17H22FNO4/c1-17(2,3)23-16(22)19-9-5-4-6-12-10-14(18)8-7-13(12)11-15(20)21/h4,6-8,10H,5,9,11H2,1-3H3,(H,19,22)(H,20,21). The molecular formula is C17H22FNO4. The van der Waals surface area contributed by atoms with Gasteiger partial charge < -0.3 is 15.2 Å². The van der Waals surface area contributed by atoms with E-state index in [1.807, 2.05) is 0 Å². The molecule has 0 aliphatic carbocycles. The molecule has 5 nitrogen and oxygen atoms in total. The minimum Gasteiger partial charge on any atom is -0.481 e. The second kappa shape index (κ2) is 8.31. The molecule has 0 saturated heterocycles. The van der Waals surface area contributed by atoms with Gasteiger partial charge in [-0.15, -0.1) is 0 Å². The number of ether oxygens (including phenoxy) is 1. The molecule has 0 spiro atoms. The molecule has 1 aromatic rings. The lowest BCUT2D eigenvalue weighted by molar-refractivity contribution is -0.136. The first-order valence-electron chi connectivity index (χ1n) is 7.31. The summed E-state index contributed by atoms with van der Waals surface area (Å²) in [4.78, 5) is 22.2. The Kier molecular flexibility index (Phi) is 6.75. The zero-order valence-corrected chi connectivity index (χ0v) is 13.6. The molecule has 1 amide bonds. The Bertz CT molecular complexity index is 591. The van der Waals surface area contributed by atoms with E-state index in [1.165, 1.54) is 18.2 Å². The summed E-state index contributed by atoms with van der Waals surface area (Å²) < 4.78 is 18.4. The quantitative estimate of drug-likeness (QED) is 0.787. The zero-order valence-electron chi connectivity index (χ0n) is 13.6.